The van der Waals surface area contributed by atoms with Crippen LogP contribution in [-0.4, -0.2) is 28.4 Å². The second-order valence-corrected chi connectivity index (χ2v) is 7.44. The smallest absolute Gasteiger partial charge is 0.277 e. The van der Waals surface area contributed by atoms with Crippen molar-refractivity contribution in [3.05, 3.63) is 58.6 Å². The number of anilines is 1. The van der Waals surface area contributed by atoms with E-state index in [2.05, 4.69) is 32.2 Å². The van der Waals surface area contributed by atoms with Gasteiger partial charge in [0, 0.05) is 22.3 Å². The highest BCUT2D eigenvalue weighted by Gasteiger charge is 2.24. The maximum atomic E-state index is 12.5. The Morgan fingerprint density at radius 1 is 1.16 bits per heavy atom. The Morgan fingerprint density at radius 2 is 1.96 bits per heavy atom. The molecule has 0 atom stereocenters. The van der Waals surface area contributed by atoms with Gasteiger partial charge in [-0.05, 0) is 42.3 Å². The molecule has 126 valence electrons. The summed E-state index contributed by atoms with van der Waals surface area (Å²) < 4.78 is 6.63. The molecule has 0 saturated heterocycles. The average molecular weight is 416 g/mol. The van der Waals surface area contributed by atoms with E-state index in [9.17, 15) is 4.79 Å². The summed E-state index contributed by atoms with van der Waals surface area (Å²) in [4.78, 5) is 14.3. The van der Waals surface area contributed by atoms with E-state index in [0.717, 1.165) is 28.7 Å². The highest BCUT2D eigenvalue weighted by atomic mass is 79.9. The fraction of sp³-hybridized carbons (Fsp3) is 0.167. The number of thioether (sulfide) groups is 1. The van der Waals surface area contributed by atoms with Gasteiger partial charge < -0.3 is 9.32 Å². The van der Waals surface area contributed by atoms with Crippen LogP contribution in [0.1, 0.15) is 5.56 Å². The lowest BCUT2D eigenvalue weighted by Gasteiger charge is -2.16. The van der Waals surface area contributed by atoms with Crippen molar-refractivity contribution in [1.29, 1.82) is 0 Å². The van der Waals surface area contributed by atoms with Crippen LogP contribution in [0, 0.1) is 0 Å². The van der Waals surface area contributed by atoms with E-state index in [-0.39, 0.29) is 11.7 Å². The van der Waals surface area contributed by atoms with Gasteiger partial charge in [-0.15, -0.1) is 10.2 Å². The molecule has 0 fully saturated rings. The van der Waals surface area contributed by atoms with E-state index >= 15 is 0 Å². The number of para-hydroxylation sites is 1. The Bertz CT molecular complexity index is 911. The zero-order valence-electron chi connectivity index (χ0n) is 13.2. The first-order valence-corrected chi connectivity index (χ1v) is 9.59. The molecule has 1 aliphatic heterocycles. The number of halogens is 1. The van der Waals surface area contributed by atoms with E-state index < -0.39 is 0 Å². The number of amides is 1. The molecule has 0 radical (unpaired) electrons. The molecule has 1 aromatic heterocycles. The number of carbonyl (C=O) groups excluding carboxylic acids is 1. The quantitative estimate of drug-likeness (QED) is 0.598. The molecule has 1 aliphatic rings. The van der Waals surface area contributed by atoms with Gasteiger partial charge in [0.15, 0.2) is 0 Å². The van der Waals surface area contributed by atoms with Crippen LogP contribution >= 0.6 is 27.7 Å². The summed E-state index contributed by atoms with van der Waals surface area (Å²) >= 11 is 4.66. The van der Waals surface area contributed by atoms with Gasteiger partial charge in [-0.1, -0.05) is 45.9 Å². The summed E-state index contributed by atoms with van der Waals surface area (Å²) in [7, 11) is 0. The Kier molecular flexibility index (Phi) is 4.59. The van der Waals surface area contributed by atoms with Crippen LogP contribution in [0.4, 0.5) is 5.69 Å². The molecule has 1 amide bonds. The summed E-state index contributed by atoms with van der Waals surface area (Å²) in [5.41, 5.74) is 3.08. The van der Waals surface area contributed by atoms with Crippen molar-refractivity contribution in [3.63, 3.8) is 0 Å². The first kappa shape index (κ1) is 16.4. The SMILES string of the molecule is O=C(CSc1nnc(-c2ccc(Br)cc2)o1)N1CCc2ccccc21. The van der Waals surface area contributed by atoms with Crippen molar-refractivity contribution in [2.45, 2.75) is 11.6 Å². The minimum Gasteiger partial charge on any atom is -0.411 e. The van der Waals surface area contributed by atoms with Crippen molar-refractivity contribution >= 4 is 39.3 Å². The van der Waals surface area contributed by atoms with Crippen LogP contribution in [0.2, 0.25) is 0 Å². The molecule has 4 rings (SSSR count). The number of rotatable bonds is 4. The fourth-order valence-electron chi connectivity index (χ4n) is 2.78. The summed E-state index contributed by atoms with van der Waals surface area (Å²) in [5.74, 6) is 0.781. The predicted molar refractivity (Wildman–Crippen MR) is 101 cm³/mol. The topological polar surface area (TPSA) is 59.2 Å². The van der Waals surface area contributed by atoms with Crippen LogP contribution in [0.5, 0.6) is 0 Å². The standard InChI is InChI=1S/C18H14BrN3O2S/c19-14-7-5-13(6-8-14)17-20-21-18(24-17)25-11-16(23)22-10-9-12-3-1-2-4-15(12)22/h1-8H,9-11H2. The van der Waals surface area contributed by atoms with Crippen molar-refractivity contribution in [1.82, 2.24) is 10.2 Å². The summed E-state index contributed by atoms with van der Waals surface area (Å²) in [5, 5.41) is 8.47. The third kappa shape index (κ3) is 3.48. The minimum atomic E-state index is 0.0540. The monoisotopic (exact) mass is 415 g/mol. The molecule has 3 aromatic rings. The van der Waals surface area contributed by atoms with E-state index in [1.807, 2.05) is 47.4 Å². The first-order chi connectivity index (χ1) is 12.2. The molecule has 5 nitrogen and oxygen atoms in total. The molecular formula is C18H14BrN3O2S. The van der Waals surface area contributed by atoms with Crippen LogP contribution in [0.3, 0.4) is 0 Å². The summed E-state index contributed by atoms with van der Waals surface area (Å²) in [6, 6.07) is 15.7. The van der Waals surface area contributed by atoms with E-state index in [1.54, 1.807) is 0 Å². The lowest BCUT2D eigenvalue weighted by atomic mass is 10.2. The van der Waals surface area contributed by atoms with Gasteiger partial charge in [0.1, 0.15) is 0 Å². The molecule has 2 heterocycles. The molecule has 0 bridgehead atoms. The normalized spacial score (nSPS) is 13.1. The molecule has 25 heavy (non-hydrogen) atoms. The number of hydrogen-bond donors (Lipinski definition) is 0. The minimum absolute atomic E-state index is 0.0540. The van der Waals surface area contributed by atoms with Crippen molar-refractivity contribution < 1.29 is 9.21 Å². The van der Waals surface area contributed by atoms with Gasteiger partial charge in [0.05, 0.1) is 5.75 Å². The Labute approximate surface area is 157 Å². The Hall–Kier alpha value is -2.12. The number of aromatic nitrogens is 2. The lowest BCUT2D eigenvalue weighted by Crippen LogP contribution is -2.30. The van der Waals surface area contributed by atoms with E-state index in [4.69, 9.17) is 4.42 Å². The van der Waals surface area contributed by atoms with Crippen molar-refractivity contribution in [2.24, 2.45) is 0 Å². The van der Waals surface area contributed by atoms with Crippen LogP contribution in [0.25, 0.3) is 11.5 Å². The van der Waals surface area contributed by atoms with Gasteiger partial charge in [0.25, 0.3) is 5.22 Å². The number of fused-ring (bicyclic) bond motifs is 1. The lowest BCUT2D eigenvalue weighted by molar-refractivity contribution is -0.116. The summed E-state index contributed by atoms with van der Waals surface area (Å²) in [6.07, 6.45) is 0.904. The van der Waals surface area contributed by atoms with Gasteiger partial charge in [-0.25, -0.2) is 0 Å². The van der Waals surface area contributed by atoms with Gasteiger partial charge in [0.2, 0.25) is 11.8 Å². The van der Waals surface area contributed by atoms with Crippen LogP contribution in [0.15, 0.2) is 62.6 Å². The van der Waals surface area contributed by atoms with E-state index in [0.29, 0.717) is 11.1 Å². The van der Waals surface area contributed by atoms with Gasteiger partial charge >= 0.3 is 0 Å². The Balaban J connectivity index is 1.41. The molecule has 0 N–H and O–H groups in total. The maximum Gasteiger partial charge on any atom is 0.277 e. The highest BCUT2D eigenvalue weighted by Crippen LogP contribution is 2.29. The number of nitrogens with zero attached hydrogens (tertiary/aromatic N) is 3. The summed E-state index contributed by atoms with van der Waals surface area (Å²) in [6.45, 7) is 0.729. The molecule has 7 heteroatoms. The van der Waals surface area contributed by atoms with Crippen LogP contribution in [-0.2, 0) is 11.2 Å². The third-order valence-corrected chi connectivity index (χ3v) is 5.34. The largest absolute Gasteiger partial charge is 0.411 e. The molecule has 0 spiro atoms. The highest BCUT2D eigenvalue weighted by molar-refractivity contribution is 9.10. The number of carbonyl (C=O) groups is 1. The Morgan fingerprint density at radius 3 is 2.80 bits per heavy atom. The molecule has 0 aliphatic carbocycles. The average Bonchev–Trinajstić information content (AvgIpc) is 3.27. The molecular weight excluding hydrogens is 402 g/mol. The number of hydrogen-bond acceptors (Lipinski definition) is 5. The fourth-order valence-corrected chi connectivity index (χ4v) is 3.68. The van der Waals surface area contributed by atoms with Crippen LogP contribution < -0.4 is 4.90 Å². The van der Waals surface area contributed by atoms with Crippen molar-refractivity contribution in [3.8, 4) is 11.5 Å². The zero-order valence-corrected chi connectivity index (χ0v) is 15.6. The van der Waals surface area contributed by atoms with Crippen molar-refractivity contribution in [2.75, 3.05) is 17.2 Å². The molecule has 0 saturated carbocycles. The molecule has 2 aromatic carbocycles. The first-order valence-electron chi connectivity index (χ1n) is 7.81. The zero-order chi connectivity index (χ0) is 17.2. The number of benzene rings is 2. The maximum absolute atomic E-state index is 12.5. The van der Waals surface area contributed by atoms with Gasteiger partial charge in [-0.3, -0.25) is 4.79 Å². The predicted octanol–water partition coefficient (Wildman–Crippen LogP) is 4.18. The third-order valence-electron chi connectivity index (χ3n) is 4.00. The second-order valence-electron chi connectivity index (χ2n) is 5.59. The van der Waals surface area contributed by atoms with E-state index in [1.165, 1.54) is 17.3 Å². The second kappa shape index (κ2) is 7.01. The molecule has 0 unspecified atom stereocenters. The van der Waals surface area contributed by atoms with Gasteiger partial charge in [-0.2, -0.15) is 0 Å².